The predicted octanol–water partition coefficient (Wildman–Crippen LogP) is 2.29. The van der Waals surface area contributed by atoms with E-state index in [2.05, 4.69) is 0 Å². The highest BCUT2D eigenvalue weighted by Crippen LogP contribution is 2.31. The van der Waals surface area contributed by atoms with Crippen molar-refractivity contribution >= 4 is 23.0 Å². The molecule has 16 heavy (non-hydrogen) atoms. The molecule has 1 aliphatic heterocycles. The number of hydrogen-bond acceptors (Lipinski definition) is 3. The summed E-state index contributed by atoms with van der Waals surface area (Å²) < 4.78 is 18.7. The highest BCUT2D eigenvalue weighted by atomic mass is 35.5. The van der Waals surface area contributed by atoms with Crippen LogP contribution in [0.3, 0.4) is 0 Å². The van der Waals surface area contributed by atoms with Crippen molar-refractivity contribution in [3.63, 3.8) is 0 Å². The van der Waals surface area contributed by atoms with E-state index in [-0.39, 0.29) is 11.1 Å². The van der Waals surface area contributed by atoms with Crippen LogP contribution in [0.4, 0.5) is 15.8 Å². The molecule has 0 amide bonds. The van der Waals surface area contributed by atoms with Gasteiger partial charge in [0.25, 0.3) is 0 Å². The van der Waals surface area contributed by atoms with Gasteiger partial charge in [-0.05, 0) is 13.0 Å². The summed E-state index contributed by atoms with van der Waals surface area (Å²) in [7, 11) is 0. The molecule has 0 radical (unpaired) electrons. The van der Waals surface area contributed by atoms with Crippen molar-refractivity contribution in [3.8, 4) is 0 Å². The van der Waals surface area contributed by atoms with Crippen molar-refractivity contribution in [3.05, 3.63) is 23.0 Å². The first-order valence-electron chi connectivity index (χ1n) is 5.18. The zero-order valence-electron chi connectivity index (χ0n) is 9.04. The lowest BCUT2D eigenvalue weighted by Gasteiger charge is -2.36. The van der Waals surface area contributed by atoms with Crippen molar-refractivity contribution in [1.29, 1.82) is 0 Å². The number of anilines is 2. The molecule has 1 aromatic rings. The first-order chi connectivity index (χ1) is 7.59. The van der Waals surface area contributed by atoms with E-state index in [1.165, 1.54) is 12.1 Å². The second kappa shape index (κ2) is 4.47. The monoisotopic (exact) mass is 244 g/mol. The maximum Gasteiger partial charge on any atom is 0.144 e. The Hall–Kier alpha value is -1.00. The van der Waals surface area contributed by atoms with Crippen LogP contribution in [0.2, 0.25) is 5.02 Å². The van der Waals surface area contributed by atoms with E-state index < -0.39 is 5.82 Å². The highest BCUT2D eigenvalue weighted by molar-refractivity contribution is 6.31. The molecule has 0 aliphatic carbocycles. The predicted molar refractivity (Wildman–Crippen MR) is 63.4 cm³/mol. The number of nitrogens with zero attached hydrogens (tertiary/aromatic N) is 1. The van der Waals surface area contributed by atoms with Crippen LogP contribution >= 0.6 is 11.6 Å². The van der Waals surface area contributed by atoms with Gasteiger partial charge in [0.15, 0.2) is 0 Å². The van der Waals surface area contributed by atoms with Gasteiger partial charge in [-0.3, -0.25) is 0 Å². The topological polar surface area (TPSA) is 38.5 Å². The minimum Gasteiger partial charge on any atom is -0.397 e. The molecule has 1 fully saturated rings. The van der Waals surface area contributed by atoms with Crippen molar-refractivity contribution in [1.82, 2.24) is 0 Å². The first kappa shape index (κ1) is 11.5. The zero-order chi connectivity index (χ0) is 11.7. The Morgan fingerprint density at radius 1 is 1.56 bits per heavy atom. The summed E-state index contributed by atoms with van der Waals surface area (Å²) in [6.07, 6.45) is 0. The number of rotatable bonds is 1. The fourth-order valence-electron chi connectivity index (χ4n) is 1.89. The second-order valence-corrected chi connectivity index (χ2v) is 4.35. The average Bonchev–Trinajstić information content (AvgIpc) is 2.25. The van der Waals surface area contributed by atoms with Crippen LogP contribution in [-0.2, 0) is 4.74 Å². The van der Waals surface area contributed by atoms with Gasteiger partial charge in [-0.2, -0.15) is 0 Å². The number of ether oxygens (including phenoxy) is 1. The van der Waals surface area contributed by atoms with E-state index >= 15 is 0 Å². The van der Waals surface area contributed by atoms with Gasteiger partial charge in [-0.25, -0.2) is 4.39 Å². The smallest absolute Gasteiger partial charge is 0.144 e. The number of hydrogen-bond donors (Lipinski definition) is 1. The Labute approximate surface area is 98.9 Å². The van der Waals surface area contributed by atoms with Crippen LogP contribution in [-0.4, -0.2) is 25.8 Å². The largest absolute Gasteiger partial charge is 0.397 e. The molecule has 1 aromatic carbocycles. The van der Waals surface area contributed by atoms with Gasteiger partial charge in [0.2, 0.25) is 0 Å². The number of nitrogens with two attached hydrogens (primary N) is 1. The third-order valence-electron chi connectivity index (χ3n) is 2.75. The normalized spacial score (nSPS) is 21.2. The highest BCUT2D eigenvalue weighted by Gasteiger charge is 2.21. The van der Waals surface area contributed by atoms with Crippen LogP contribution in [0.1, 0.15) is 6.92 Å². The first-order valence-corrected chi connectivity index (χ1v) is 5.56. The Morgan fingerprint density at radius 3 is 3.00 bits per heavy atom. The SMILES string of the molecule is CC1COCCN1c1cc(F)c(Cl)cc1N. The maximum absolute atomic E-state index is 13.4. The van der Waals surface area contributed by atoms with Gasteiger partial charge in [-0.1, -0.05) is 11.6 Å². The van der Waals surface area contributed by atoms with Gasteiger partial charge < -0.3 is 15.4 Å². The fourth-order valence-corrected chi connectivity index (χ4v) is 2.06. The molecule has 1 saturated heterocycles. The molecule has 1 aliphatic rings. The molecule has 3 nitrogen and oxygen atoms in total. The van der Waals surface area contributed by atoms with Gasteiger partial charge in [0.1, 0.15) is 5.82 Å². The lowest BCUT2D eigenvalue weighted by atomic mass is 10.2. The van der Waals surface area contributed by atoms with Crippen LogP contribution in [0, 0.1) is 5.82 Å². The molecular weight excluding hydrogens is 231 g/mol. The van der Waals surface area contributed by atoms with Crippen molar-refractivity contribution in [2.75, 3.05) is 30.4 Å². The average molecular weight is 245 g/mol. The van der Waals surface area contributed by atoms with Gasteiger partial charge in [0, 0.05) is 18.7 Å². The number of morpholine rings is 1. The summed E-state index contributed by atoms with van der Waals surface area (Å²) in [5.41, 5.74) is 7.04. The maximum atomic E-state index is 13.4. The molecule has 2 N–H and O–H groups in total. The third-order valence-corrected chi connectivity index (χ3v) is 3.04. The van der Waals surface area contributed by atoms with Crippen LogP contribution < -0.4 is 10.6 Å². The molecular formula is C11H14ClFN2O. The Kier molecular flexibility index (Phi) is 3.21. The van der Waals surface area contributed by atoms with E-state index in [4.69, 9.17) is 22.1 Å². The van der Waals surface area contributed by atoms with E-state index in [9.17, 15) is 4.39 Å². The molecule has 1 heterocycles. The van der Waals surface area contributed by atoms with E-state index in [1.54, 1.807) is 0 Å². The van der Waals surface area contributed by atoms with E-state index in [0.29, 0.717) is 31.1 Å². The lowest BCUT2D eigenvalue weighted by molar-refractivity contribution is 0.0990. The van der Waals surface area contributed by atoms with Crippen molar-refractivity contribution in [2.45, 2.75) is 13.0 Å². The standard InChI is InChI=1S/C11H14ClFN2O/c1-7-6-16-3-2-15(7)11-5-9(13)8(12)4-10(11)14/h4-5,7H,2-3,6,14H2,1H3. The summed E-state index contributed by atoms with van der Waals surface area (Å²) >= 11 is 5.66. The molecule has 0 saturated carbocycles. The van der Waals surface area contributed by atoms with Crippen LogP contribution in [0.25, 0.3) is 0 Å². The number of benzene rings is 1. The molecule has 1 atom stereocenters. The Morgan fingerprint density at radius 2 is 2.31 bits per heavy atom. The Bertz CT molecular complexity index is 400. The number of halogens is 2. The van der Waals surface area contributed by atoms with E-state index in [1.807, 2.05) is 11.8 Å². The molecule has 0 bridgehead atoms. The molecule has 0 aromatic heterocycles. The summed E-state index contributed by atoms with van der Waals surface area (Å²) in [5, 5.41) is 0.0576. The van der Waals surface area contributed by atoms with Crippen molar-refractivity contribution in [2.24, 2.45) is 0 Å². The summed E-state index contributed by atoms with van der Waals surface area (Å²) in [4.78, 5) is 2.04. The van der Waals surface area contributed by atoms with Gasteiger partial charge >= 0.3 is 0 Å². The minimum absolute atomic E-state index is 0.0576. The van der Waals surface area contributed by atoms with E-state index in [0.717, 1.165) is 0 Å². The van der Waals surface area contributed by atoms with Crippen molar-refractivity contribution < 1.29 is 9.13 Å². The molecule has 2 rings (SSSR count). The molecule has 0 spiro atoms. The zero-order valence-corrected chi connectivity index (χ0v) is 9.80. The molecule has 1 unspecified atom stereocenters. The van der Waals surface area contributed by atoms with Gasteiger partial charge in [-0.15, -0.1) is 0 Å². The quantitative estimate of drug-likeness (QED) is 0.771. The summed E-state index contributed by atoms with van der Waals surface area (Å²) in [5.74, 6) is -0.440. The molecule has 5 heteroatoms. The summed E-state index contributed by atoms with van der Waals surface area (Å²) in [6.45, 7) is 4.00. The third kappa shape index (κ3) is 2.08. The Balaban J connectivity index is 2.35. The number of nitrogen functional groups attached to an aromatic ring is 1. The molecule has 88 valence electrons. The minimum atomic E-state index is -0.440. The van der Waals surface area contributed by atoms with Crippen LogP contribution in [0.15, 0.2) is 12.1 Å². The summed E-state index contributed by atoms with van der Waals surface area (Å²) in [6, 6.07) is 3.03. The fraction of sp³-hybridized carbons (Fsp3) is 0.455. The second-order valence-electron chi connectivity index (χ2n) is 3.94. The van der Waals surface area contributed by atoms with Crippen LogP contribution in [0.5, 0.6) is 0 Å². The lowest BCUT2D eigenvalue weighted by Crippen LogP contribution is -2.44. The van der Waals surface area contributed by atoms with Gasteiger partial charge in [0.05, 0.1) is 29.6 Å².